The molecule has 19 heavy (non-hydrogen) atoms. The number of hydrogen-bond donors (Lipinski definition) is 2. The maximum absolute atomic E-state index is 12.2. The minimum atomic E-state index is -3.57. The minimum absolute atomic E-state index is 0.0374. The quantitative estimate of drug-likeness (QED) is 0.841. The first-order valence-electron chi connectivity index (χ1n) is 6.53. The number of nitrogens with one attached hydrogen (secondary N) is 1. The van der Waals surface area contributed by atoms with E-state index >= 15 is 0 Å². The number of aryl methyl sites for hydroxylation is 2. The zero-order chi connectivity index (χ0) is 14.7. The molecular formula is C14H23NO3S. The fourth-order valence-electron chi connectivity index (χ4n) is 1.91. The molecule has 0 aliphatic carbocycles. The van der Waals surface area contributed by atoms with Crippen LogP contribution < -0.4 is 4.72 Å². The van der Waals surface area contributed by atoms with Crippen LogP contribution >= 0.6 is 0 Å². The first-order chi connectivity index (χ1) is 8.74. The summed E-state index contributed by atoms with van der Waals surface area (Å²) >= 11 is 0. The summed E-state index contributed by atoms with van der Waals surface area (Å²) in [6.45, 7) is 7.41. The molecule has 0 amide bonds. The van der Waals surface area contributed by atoms with E-state index in [1.165, 1.54) is 0 Å². The van der Waals surface area contributed by atoms with E-state index in [0.717, 1.165) is 5.56 Å². The highest BCUT2D eigenvalue weighted by Crippen LogP contribution is 2.18. The maximum Gasteiger partial charge on any atom is 0.240 e. The zero-order valence-electron chi connectivity index (χ0n) is 12.0. The first kappa shape index (κ1) is 16.1. The van der Waals surface area contributed by atoms with Crippen molar-refractivity contribution in [1.29, 1.82) is 0 Å². The van der Waals surface area contributed by atoms with E-state index in [0.29, 0.717) is 18.4 Å². The van der Waals surface area contributed by atoms with Crippen molar-refractivity contribution in [3.63, 3.8) is 0 Å². The molecule has 0 fully saturated rings. The molecule has 0 heterocycles. The summed E-state index contributed by atoms with van der Waals surface area (Å²) in [5, 5.41) is 10.1. The number of benzene rings is 1. The Labute approximate surface area is 115 Å². The molecule has 0 spiro atoms. The molecule has 0 aliphatic rings. The van der Waals surface area contributed by atoms with Gasteiger partial charge in [0.1, 0.15) is 0 Å². The summed E-state index contributed by atoms with van der Waals surface area (Å²) in [4.78, 5) is 0.271. The van der Waals surface area contributed by atoms with Gasteiger partial charge in [-0.1, -0.05) is 31.5 Å². The summed E-state index contributed by atoms with van der Waals surface area (Å²) < 4.78 is 26.9. The van der Waals surface area contributed by atoms with Crippen LogP contribution in [0.15, 0.2) is 23.1 Å². The van der Waals surface area contributed by atoms with Crippen molar-refractivity contribution in [3.8, 4) is 0 Å². The summed E-state index contributed by atoms with van der Waals surface area (Å²) in [6, 6.07) is 5.21. The molecule has 1 aromatic carbocycles. The van der Waals surface area contributed by atoms with E-state index in [4.69, 9.17) is 0 Å². The molecule has 0 saturated heterocycles. The second-order valence-corrected chi connectivity index (χ2v) is 6.76. The Morgan fingerprint density at radius 1 is 1.21 bits per heavy atom. The van der Waals surface area contributed by atoms with E-state index in [1.54, 1.807) is 19.1 Å². The number of hydrogen-bond acceptors (Lipinski definition) is 3. The predicted molar refractivity (Wildman–Crippen MR) is 76.6 cm³/mol. The molecule has 4 nitrogen and oxygen atoms in total. The van der Waals surface area contributed by atoms with Gasteiger partial charge in [0.05, 0.1) is 10.5 Å². The van der Waals surface area contributed by atoms with Crippen LogP contribution in [0.3, 0.4) is 0 Å². The molecule has 5 heteroatoms. The zero-order valence-corrected chi connectivity index (χ0v) is 12.8. The summed E-state index contributed by atoms with van der Waals surface area (Å²) in [5.74, 6) is 0. The number of aliphatic hydroxyl groups is 1. The molecular weight excluding hydrogens is 262 g/mol. The molecule has 0 aromatic heterocycles. The van der Waals surface area contributed by atoms with Gasteiger partial charge in [-0.3, -0.25) is 0 Å². The van der Waals surface area contributed by atoms with Crippen molar-refractivity contribution in [2.75, 3.05) is 6.54 Å². The average Bonchev–Trinajstić information content (AvgIpc) is 2.35. The molecule has 2 N–H and O–H groups in total. The van der Waals surface area contributed by atoms with Gasteiger partial charge in [-0.15, -0.1) is 0 Å². The second-order valence-electron chi connectivity index (χ2n) is 5.02. The molecule has 1 aromatic rings. The Balaban J connectivity index is 2.93. The van der Waals surface area contributed by atoms with Crippen LogP contribution in [0.5, 0.6) is 0 Å². The lowest BCUT2D eigenvalue weighted by molar-refractivity contribution is 0.0377. The highest BCUT2D eigenvalue weighted by molar-refractivity contribution is 7.89. The largest absolute Gasteiger partial charge is 0.389 e. The lowest BCUT2D eigenvalue weighted by atomic mass is 9.98. The highest BCUT2D eigenvalue weighted by Gasteiger charge is 2.26. The smallest absolute Gasteiger partial charge is 0.240 e. The lowest BCUT2D eigenvalue weighted by Crippen LogP contribution is -2.42. The van der Waals surface area contributed by atoms with Crippen molar-refractivity contribution in [2.45, 2.75) is 51.0 Å². The fraction of sp³-hybridized carbons (Fsp3) is 0.571. The summed E-state index contributed by atoms with van der Waals surface area (Å²) in [7, 11) is -3.57. The molecule has 1 rings (SSSR count). The Bertz CT molecular complexity index is 534. The van der Waals surface area contributed by atoms with Gasteiger partial charge in [-0.05, 0) is 38.3 Å². The third-order valence-corrected chi connectivity index (χ3v) is 5.09. The van der Waals surface area contributed by atoms with Gasteiger partial charge in [0.15, 0.2) is 0 Å². The first-order valence-corrected chi connectivity index (χ1v) is 8.01. The lowest BCUT2D eigenvalue weighted by Gasteiger charge is -2.25. The third kappa shape index (κ3) is 4.03. The van der Waals surface area contributed by atoms with Crippen LogP contribution in [-0.2, 0) is 10.0 Å². The number of rotatable bonds is 6. The summed E-state index contributed by atoms with van der Waals surface area (Å²) in [5.41, 5.74) is 0.755. The Morgan fingerprint density at radius 2 is 1.79 bits per heavy atom. The second kappa shape index (κ2) is 6.03. The van der Waals surface area contributed by atoms with E-state index < -0.39 is 15.6 Å². The molecule has 108 valence electrons. The topological polar surface area (TPSA) is 66.4 Å². The molecule has 0 bridgehead atoms. The average molecular weight is 285 g/mol. The Kier molecular flexibility index (Phi) is 5.12. The van der Waals surface area contributed by atoms with Gasteiger partial charge < -0.3 is 5.11 Å². The Hall–Kier alpha value is -0.910. The van der Waals surface area contributed by atoms with Crippen LogP contribution in [0.4, 0.5) is 0 Å². The van der Waals surface area contributed by atoms with E-state index in [2.05, 4.69) is 4.72 Å². The van der Waals surface area contributed by atoms with Crippen molar-refractivity contribution < 1.29 is 13.5 Å². The van der Waals surface area contributed by atoms with Crippen LogP contribution in [-0.4, -0.2) is 25.7 Å². The maximum atomic E-state index is 12.2. The molecule has 0 aliphatic heterocycles. The van der Waals surface area contributed by atoms with Gasteiger partial charge in [0.25, 0.3) is 0 Å². The van der Waals surface area contributed by atoms with Crippen molar-refractivity contribution in [1.82, 2.24) is 4.72 Å². The van der Waals surface area contributed by atoms with Crippen LogP contribution in [0.25, 0.3) is 0 Å². The molecule has 0 saturated carbocycles. The van der Waals surface area contributed by atoms with Crippen molar-refractivity contribution in [2.24, 2.45) is 0 Å². The number of sulfonamides is 1. The van der Waals surface area contributed by atoms with E-state index in [9.17, 15) is 13.5 Å². The van der Waals surface area contributed by atoms with Gasteiger partial charge >= 0.3 is 0 Å². The highest BCUT2D eigenvalue weighted by atomic mass is 32.2. The van der Waals surface area contributed by atoms with Gasteiger partial charge in [0, 0.05) is 6.54 Å². The van der Waals surface area contributed by atoms with Crippen LogP contribution in [0.1, 0.15) is 37.8 Å². The van der Waals surface area contributed by atoms with Gasteiger partial charge in [-0.25, -0.2) is 13.1 Å². The Morgan fingerprint density at radius 3 is 2.26 bits per heavy atom. The SMILES string of the molecule is CCC(O)(CC)CNS(=O)(=O)c1ccc(C)cc1C. The van der Waals surface area contributed by atoms with Crippen LogP contribution in [0, 0.1) is 13.8 Å². The predicted octanol–water partition coefficient (Wildman–Crippen LogP) is 2.13. The summed E-state index contributed by atoms with van der Waals surface area (Å²) in [6.07, 6.45) is 1.03. The van der Waals surface area contributed by atoms with Crippen molar-refractivity contribution in [3.05, 3.63) is 29.3 Å². The van der Waals surface area contributed by atoms with Crippen LogP contribution in [0.2, 0.25) is 0 Å². The van der Waals surface area contributed by atoms with E-state index in [1.807, 2.05) is 26.8 Å². The molecule has 0 unspecified atom stereocenters. The third-order valence-electron chi connectivity index (χ3n) is 3.53. The standard InChI is InChI=1S/C14H23NO3S/c1-5-14(16,6-2)10-15-19(17,18)13-8-7-11(3)9-12(13)4/h7-9,15-16H,5-6,10H2,1-4H3. The molecule has 0 radical (unpaired) electrons. The fourth-order valence-corrected chi connectivity index (χ4v) is 3.25. The normalized spacial score (nSPS) is 12.7. The van der Waals surface area contributed by atoms with E-state index in [-0.39, 0.29) is 11.4 Å². The monoisotopic (exact) mass is 285 g/mol. The van der Waals surface area contributed by atoms with Crippen molar-refractivity contribution >= 4 is 10.0 Å². The van der Waals surface area contributed by atoms with Gasteiger partial charge in [0.2, 0.25) is 10.0 Å². The van der Waals surface area contributed by atoms with Gasteiger partial charge in [-0.2, -0.15) is 0 Å². The minimum Gasteiger partial charge on any atom is -0.389 e. The molecule has 0 atom stereocenters.